The van der Waals surface area contributed by atoms with E-state index >= 15 is 0 Å². The zero-order chi connectivity index (χ0) is 5.11. The van der Waals surface area contributed by atoms with Gasteiger partial charge in [-0.2, -0.15) is 0 Å². The fourth-order valence-corrected chi connectivity index (χ4v) is 0.330. The molecule has 0 saturated heterocycles. The molecule has 0 aliphatic heterocycles. The molecule has 2 nitrogen and oxygen atoms in total. The Balaban J connectivity index is 0.000000490. The smallest absolute Gasteiger partial charge is 0.338 e. The Bertz CT molecular complexity index is 140. The van der Waals surface area contributed by atoms with Gasteiger partial charge in [-0.15, -0.1) is 0 Å². The Kier molecular flexibility index (Phi) is 3.34. The summed E-state index contributed by atoms with van der Waals surface area (Å²) in [5, 5.41) is 0. The molecular formula is C5H5LiN2. The fraction of sp³-hybridized carbons (Fsp3) is 0. The van der Waals surface area contributed by atoms with E-state index in [1.807, 2.05) is 0 Å². The van der Waals surface area contributed by atoms with Gasteiger partial charge in [-0.25, -0.2) is 0 Å². The van der Waals surface area contributed by atoms with Crippen molar-refractivity contribution < 1.29 is 18.9 Å². The molecule has 1 rings (SSSR count). The molecule has 36 valence electrons. The van der Waals surface area contributed by atoms with Gasteiger partial charge in [0, 0.05) is 12.4 Å². The molecular weight excluding hydrogens is 95.0 g/mol. The Labute approximate surface area is 60.5 Å². The molecule has 8 heavy (non-hydrogen) atoms. The Morgan fingerprint density at radius 2 is 1.75 bits per heavy atom. The summed E-state index contributed by atoms with van der Waals surface area (Å²) in [6, 6.07) is 1.76. The monoisotopic (exact) mass is 100 g/mol. The van der Waals surface area contributed by atoms with E-state index < -0.39 is 0 Å². The second-order valence-corrected chi connectivity index (χ2v) is 1.17. The summed E-state index contributed by atoms with van der Waals surface area (Å²) in [6.07, 6.45) is 3.32. The molecule has 0 unspecified atom stereocenters. The minimum Gasteiger partial charge on any atom is -0.338 e. The first-order valence-corrected chi connectivity index (χ1v) is 1.98. The molecule has 0 bridgehead atoms. The van der Waals surface area contributed by atoms with Crippen LogP contribution in [0.25, 0.3) is 0 Å². The van der Waals surface area contributed by atoms with Crippen LogP contribution in [0.4, 0.5) is 0 Å². The number of nitrogens with zero attached hydrogens (tertiary/aromatic N) is 2. The van der Waals surface area contributed by atoms with Crippen LogP contribution in [0.1, 0.15) is 5.82 Å². The Morgan fingerprint density at radius 3 is 2.00 bits per heavy atom. The summed E-state index contributed by atoms with van der Waals surface area (Å²) in [5.74, 6) is 0.572. The zero-order valence-corrected chi connectivity index (χ0v) is 4.83. The van der Waals surface area contributed by atoms with Crippen LogP contribution in [-0.4, -0.2) is 9.97 Å². The molecule has 1 heterocycles. The zero-order valence-electron chi connectivity index (χ0n) is 4.83. The second-order valence-electron chi connectivity index (χ2n) is 1.17. The summed E-state index contributed by atoms with van der Waals surface area (Å²) < 4.78 is 0. The van der Waals surface area contributed by atoms with E-state index in [9.17, 15) is 0 Å². The number of hydrogen-bond donors (Lipinski definition) is 0. The summed E-state index contributed by atoms with van der Waals surface area (Å²) >= 11 is 0. The maximum absolute atomic E-state index is 3.76. The van der Waals surface area contributed by atoms with E-state index in [1.165, 1.54) is 0 Å². The van der Waals surface area contributed by atoms with Crippen molar-refractivity contribution in [3.63, 3.8) is 0 Å². The molecule has 0 fully saturated rings. The van der Waals surface area contributed by atoms with Gasteiger partial charge in [0.2, 0.25) is 0 Å². The van der Waals surface area contributed by atoms with Crippen molar-refractivity contribution in [2.24, 2.45) is 0 Å². The van der Waals surface area contributed by atoms with E-state index in [2.05, 4.69) is 16.9 Å². The molecule has 0 aromatic carbocycles. The molecule has 1 aromatic rings. The van der Waals surface area contributed by atoms with Gasteiger partial charge in [0.1, 0.15) is 0 Å². The van der Waals surface area contributed by atoms with Crippen LogP contribution in [0.5, 0.6) is 0 Å². The van der Waals surface area contributed by atoms with E-state index in [0.29, 0.717) is 5.82 Å². The quantitative estimate of drug-likeness (QED) is 0.270. The summed E-state index contributed by atoms with van der Waals surface area (Å²) in [7, 11) is 0. The summed E-state index contributed by atoms with van der Waals surface area (Å²) in [4.78, 5) is 7.51. The van der Waals surface area contributed by atoms with E-state index in [4.69, 9.17) is 0 Å². The largest absolute Gasteiger partial charge is 1.00 e. The number of hydrogen-bond acceptors (Lipinski definition) is 2. The minimum atomic E-state index is 0. The van der Waals surface area contributed by atoms with Crippen molar-refractivity contribution in [3.05, 3.63) is 31.2 Å². The third-order valence-electron chi connectivity index (χ3n) is 0.619. The van der Waals surface area contributed by atoms with Crippen molar-refractivity contribution in [2.45, 2.75) is 0 Å². The maximum atomic E-state index is 3.76. The molecule has 0 amide bonds. The van der Waals surface area contributed by atoms with Crippen molar-refractivity contribution in [1.82, 2.24) is 9.97 Å². The van der Waals surface area contributed by atoms with Gasteiger partial charge in [0.05, 0.1) is 0 Å². The molecule has 0 aliphatic rings. The molecule has 3 heteroatoms. The maximum Gasteiger partial charge on any atom is 1.00 e. The average molecular weight is 100 g/mol. The van der Waals surface area contributed by atoms with Crippen LogP contribution in [0.15, 0.2) is 18.5 Å². The van der Waals surface area contributed by atoms with Crippen LogP contribution in [0.3, 0.4) is 0 Å². The van der Waals surface area contributed by atoms with Gasteiger partial charge in [-0.05, 0) is 11.9 Å². The van der Waals surface area contributed by atoms with Crippen molar-refractivity contribution in [3.8, 4) is 0 Å². The fourth-order valence-electron chi connectivity index (χ4n) is 0.330. The molecule has 0 atom stereocenters. The Morgan fingerprint density at radius 1 is 1.25 bits per heavy atom. The molecule has 0 aliphatic carbocycles. The minimum absolute atomic E-state index is 0. The van der Waals surface area contributed by atoms with Gasteiger partial charge in [0.25, 0.3) is 0 Å². The van der Waals surface area contributed by atoms with Gasteiger partial charge in [-0.1, -0.05) is 0 Å². The van der Waals surface area contributed by atoms with E-state index in [0.717, 1.165) is 0 Å². The van der Waals surface area contributed by atoms with Crippen LogP contribution < -0.4 is 18.9 Å². The molecule has 0 saturated carbocycles. The first kappa shape index (κ1) is 7.55. The SMILES string of the molecule is [CH2-]c1ncccn1.[Li+]. The molecule has 1 aromatic heterocycles. The average Bonchev–Trinajstić information content (AvgIpc) is 1.69. The Hall–Kier alpha value is -0.453. The second kappa shape index (κ2) is 3.54. The van der Waals surface area contributed by atoms with Gasteiger partial charge in [-0.3, -0.25) is 9.97 Å². The van der Waals surface area contributed by atoms with E-state index in [1.54, 1.807) is 18.5 Å². The summed E-state index contributed by atoms with van der Waals surface area (Å²) in [5.41, 5.74) is 0. The van der Waals surface area contributed by atoms with Crippen LogP contribution >= 0.6 is 0 Å². The van der Waals surface area contributed by atoms with Crippen LogP contribution in [-0.2, 0) is 0 Å². The van der Waals surface area contributed by atoms with Gasteiger partial charge >= 0.3 is 18.9 Å². The van der Waals surface area contributed by atoms with Crippen molar-refractivity contribution >= 4 is 0 Å². The summed E-state index contributed by atoms with van der Waals surface area (Å²) in [6.45, 7) is 3.50. The first-order chi connectivity index (χ1) is 3.39. The normalized spacial score (nSPS) is 7.50. The standard InChI is InChI=1S/C5H5N2.Li/c1-5-6-3-2-4-7-5;/h2-4H,1H2;/q-1;+1. The van der Waals surface area contributed by atoms with Crippen molar-refractivity contribution in [2.75, 3.05) is 0 Å². The van der Waals surface area contributed by atoms with Crippen LogP contribution in [0.2, 0.25) is 0 Å². The predicted octanol–water partition coefficient (Wildman–Crippen LogP) is -2.34. The number of aromatic nitrogens is 2. The molecule has 0 radical (unpaired) electrons. The topological polar surface area (TPSA) is 25.8 Å². The molecule has 0 spiro atoms. The first-order valence-electron chi connectivity index (χ1n) is 1.98. The van der Waals surface area contributed by atoms with Gasteiger partial charge < -0.3 is 6.92 Å². The number of rotatable bonds is 0. The molecule has 0 N–H and O–H groups in total. The van der Waals surface area contributed by atoms with E-state index in [-0.39, 0.29) is 18.9 Å². The third-order valence-corrected chi connectivity index (χ3v) is 0.619. The predicted molar refractivity (Wildman–Crippen MR) is 26.5 cm³/mol. The van der Waals surface area contributed by atoms with Crippen LogP contribution in [0, 0.1) is 6.92 Å². The van der Waals surface area contributed by atoms with Crippen molar-refractivity contribution in [1.29, 1.82) is 0 Å². The third kappa shape index (κ3) is 2.01. The van der Waals surface area contributed by atoms with Gasteiger partial charge in [0.15, 0.2) is 0 Å².